The van der Waals surface area contributed by atoms with Crippen molar-refractivity contribution in [3.63, 3.8) is 0 Å². The summed E-state index contributed by atoms with van der Waals surface area (Å²) in [4.78, 5) is 22.8. The summed E-state index contributed by atoms with van der Waals surface area (Å²) in [6.45, 7) is 4.19. The molecule has 3 aromatic heterocycles. The summed E-state index contributed by atoms with van der Waals surface area (Å²) in [5, 5.41) is 4.62. The van der Waals surface area contributed by atoms with Crippen LogP contribution in [-0.4, -0.2) is 69.8 Å². The van der Waals surface area contributed by atoms with Gasteiger partial charge in [-0.2, -0.15) is 5.10 Å². The zero-order chi connectivity index (χ0) is 30.5. The predicted octanol–water partition coefficient (Wildman–Crippen LogP) is 4.22. The van der Waals surface area contributed by atoms with E-state index in [0.717, 1.165) is 24.0 Å². The molecule has 11 heteroatoms. The number of nitrogens with two attached hydrogens (primary N) is 1. The Morgan fingerprint density at radius 2 is 1.93 bits per heavy atom. The Bertz CT molecular complexity index is 1630. The van der Waals surface area contributed by atoms with E-state index in [1.54, 1.807) is 40.9 Å². The maximum Gasteiger partial charge on any atom is 0.219 e. The third kappa shape index (κ3) is 5.19. The van der Waals surface area contributed by atoms with E-state index in [1.165, 1.54) is 19.2 Å². The van der Waals surface area contributed by atoms with Crippen molar-refractivity contribution >= 4 is 11.4 Å². The fourth-order valence-corrected chi connectivity index (χ4v) is 6.82. The van der Waals surface area contributed by atoms with Crippen LogP contribution in [0.5, 0.6) is 0 Å². The number of hydrogen-bond donors (Lipinski definition) is 1. The summed E-state index contributed by atoms with van der Waals surface area (Å²) in [7, 11) is 3.32. The van der Waals surface area contributed by atoms with Crippen LogP contribution in [0.4, 0.5) is 8.78 Å². The van der Waals surface area contributed by atoms with Gasteiger partial charge in [-0.05, 0) is 71.7 Å². The van der Waals surface area contributed by atoms with Gasteiger partial charge in [-0.3, -0.25) is 9.78 Å². The molecule has 0 bridgehead atoms. The van der Waals surface area contributed by atoms with Crippen LogP contribution in [0.25, 0.3) is 16.8 Å². The Morgan fingerprint density at radius 3 is 2.56 bits per heavy atom. The number of amides is 1. The summed E-state index contributed by atoms with van der Waals surface area (Å²) >= 11 is 0. The van der Waals surface area contributed by atoms with Crippen LogP contribution in [-0.2, 0) is 26.3 Å². The van der Waals surface area contributed by atoms with Crippen LogP contribution in [0, 0.1) is 17.6 Å². The van der Waals surface area contributed by atoms with Gasteiger partial charge >= 0.3 is 0 Å². The molecule has 2 aliphatic rings. The maximum atomic E-state index is 15.4. The Morgan fingerprint density at radius 1 is 1.19 bits per heavy atom. The fourth-order valence-electron chi connectivity index (χ4n) is 6.82. The van der Waals surface area contributed by atoms with Crippen molar-refractivity contribution in [2.75, 3.05) is 27.4 Å². The molecule has 1 aliphatic carbocycles. The summed E-state index contributed by atoms with van der Waals surface area (Å²) in [5.41, 5.74) is 8.95. The molecule has 6 rings (SSSR count). The molecule has 4 atom stereocenters. The van der Waals surface area contributed by atoms with E-state index < -0.39 is 17.2 Å². The standard InChI is InChI=1S/C32H36F2N6O3/c1-18-9-20(10-27(35)31(18)39(3)19(2)41)24-7-8-36-14-21(24)11-29-37-15-23-5-6-28(38-40(23)29)30-25(33)12-22(13-26(30)34)32(42-4)16-43-17-32/h5-8,12-15,18,20,27,31H,9-11,16-17,35H2,1-4H3/t18-,20+,27+,31-/m0/s1. The van der Waals surface area contributed by atoms with E-state index in [-0.39, 0.29) is 54.3 Å². The molecule has 2 N–H and O–H groups in total. The average Bonchev–Trinajstić information content (AvgIpc) is 3.34. The minimum atomic E-state index is -0.846. The Labute approximate surface area is 249 Å². The van der Waals surface area contributed by atoms with Crippen LogP contribution in [0.2, 0.25) is 0 Å². The number of fused-ring (bicyclic) bond motifs is 1. The van der Waals surface area contributed by atoms with Crippen molar-refractivity contribution in [3.8, 4) is 11.3 Å². The monoisotopic (exact) mass is 590 g/mol. The molecule has 4 aromatic rings. The zero-order valence-corrected chi connectivity index (χ0v) is 24.8. The number of methoxy groups -OCH3 is 1. The van der Waals surface area contributed by atoms with E-state index in [1.807, 2.05) is 19.3 Å². The van der Waals surface area contributed by atoms with E-state index >= 15 is 8.78 Å². The summed E-state index contributed by atoms with van der Waals surface area (Å²) < 4.78 is 43.2. The summed E-state index contributed by atoms with van der Waals surface area (Å²) in [5.74, 6) is -0.415. The maximum absolute atomic E-state index is 15.4. The largest absolute Gasteiger partial charge is 0.375 e. The van der Waals surface area contributed by atoms with Crippen molar-refractivity contribution in [1.82, 2.24) is 24.5 Å². The van der Waals surface area contributed by atoms with Gasteiger partial charge in [0.2, 0.25) is 5.91 Å². The van der Waals surface area contributed by atoms with Crippen LogP contribution < -0.4 is 5.73 Å². The van der Waals surface area contributed by atoms with Gasteiger partial charge in [-0.25, -0.2) is 18.3 Å². The highest BCUT2D eigenvalue weighted by Crippen LogP contribution is 2.40. The predicted molar refractivity (Wildman–Crippen MR) is 156 cm³/mol. The number of carbonyl (C=O) groups is 1. The Kier molecular flexibility index (Phi) is 7.74. The van der Waals surface area contributed by atoms with Crippen molar-refractivity contribution in [1.29, 1.82) is 0 Å². The molecule has 0 radical (unpaired) electrons. The van der Waals surface area contributed by atoms with Crippen molar-refractivity contribution in [2.45, 2.75) is 56.7 Å². The molecule has 1 saturated carbocycles. The van der Waals surface area contributed by atoms with Gasteiger partial charge in [0.05, 0.1) is 36.2 Å². The number of nitrogens with zero attached hydrogens (tertiary/aromatic N) is 5. The minimum absolute atomic E-state index is 0.0102. The molecular weight excluding hydrogens is 554 g/mol. The van der Waals surface area contributed by atoms with Crippen LogP contribution in [0.15, 0.2) is 48.9 Å². The molecule has 1 aromatic carbocycles. The van der Waals surface area contributed by atoms with E-state index in [4.69, 9.17) is 15.2 Å². The number of likely N-dealkylation sites (N-methyl/N-ethyl adjacent to an activating group) is 1. The van der Waals surface area contributed by atoms with Crippen molar-refractivity contribution in [2.24, 2.45) is 11.7 Å². The van der Waals surface area contributed by atoms with Crippen LogP contribution in [0.3, 0.4) is 0 Å². The molecule has 2 fully saturated rings. The lowest BCUT2D eigenvalue weighted by molar-refractivity contribution is -0.202. The lowest BCUT2D eigenvalue weighted by Gasteiger charge is -2.43. The first-order chi connectivity index (χ1) is 20.6. The van der Waals surface area contributed by atoms with Crippen molar-refractivity contribution < 1.29 is 23.0 Å². The van der Waals surface area contributed by atoms with Crippen molar-refractivity contribution in [3.05, 3.63) is 83.1 Å². The summed E-state index contributed by atoms with van der Waals surface area (Å²) in [6.07, 6.45) is 7.34. The lowest BCUT2D eigenvalue weighted by atomic mass is 9.72. The molecule has 0 unspecified atom stereocenters. The molecule has 4 heterocycles. The molecule has 1 saturated heterocycles. The molecule has 9 nitrogen and oxygen atoms in total. The lowest BCUT2D eigenvalue weighted by Crippen LogP contribution is -2.54. The number of imidazole rings is 1. The molecule has 226 valence electrons. The number of aromatic nitrogens is 4. The third-order valence-corrected chi connectivity index (χ3v) is 9.25. The van der Waals surface area contributed by atoms with Gasteiger partial charge in [0.25, 0.3) is 0 Å². The smallest absolute Gasteiger partial charge is 0.219 e. The number of halogens is 2. The topological polar surface area (TPSA) is 108 Å². The van der Waals surface area contributed by atoms with Gasteiger partial charge in [0.1, 0.15) is 23.1 Å². The molecule has 43 heavy (non-hydrogen) atoms. The van der Waals surface area contributed by atoms with E-state index in [9.17, 15) is 4.79 Å². The van der Waals surface area contributed by atoms with Gasteiger partial charge in [0, 0.05) is 52.0 Å². The number of carbonyl (C=O) groups excluding carboxylic acids is 1. The molecule has 0 spiro atoms. The second-order valence-corrected chi connectivity index (χ2v) is 11.9. The highest BCUT2D eigenvalue weighted by Gasteiger charge is 2.42. The summed E-state index contributed by atoms with van der Waals surface area (Å²) in [6, 6.07) is 7.77. The van der Waals surface area contributed by atoms with Gasteiger partial charge in [-0.15, -0.1) is 0 Å². The third-order valence-electron chi connectivity index (χ3n) is 9.25. The second-order valence-electron chi connectivity index (χ2n) is 11.9. The molecule has 1 amide bonds. The molecular formula is C32H36F2N6O3. The highest BCUT2D eigenvalue weighted by atomic mass is 19.1. The van der Waals surface area contributed by atoms with Gasteiger partial charge < -0.3 is 20.1 Å². The van der Waals surface area contributed by atoms with Gasteiger partial charge in [0.15, 0.2) is 0 Å². The normalized spacial score (nSPS) is 23.2. The van der Waals surface area contributed by atoms with Crippen LogP contribution >= 0.6 is 0 Å². The second kappa shape index (κ2) is 11.4. The minimum Gasteiger partial charge on any atom is -0.375 e. The van der Waals surface area contributed by atoms with E-state index in [0.29, 0.717) is 23.3 Å². The Hall–Kier alpha value is -3.80. The highest BCUT2D eigenvalue weighted by molar-refractivity contribution is 5.73. The first-order valence-corrected chi connectivity index (χ1v) is 14.5. The SMILES string of the molecule is COC1(c2cc(F)c(-c3ccc4cnc(Cc5cnccc5[C@H]5C[C@@H](N)[C@@H](N(C)C(C)=O)[C@@H](C)C5)n4n3)c(F)c2)COC1. The number of ether oxygens (including phenoxy) is 2. The number of benzene rings is 1. The average molecular weight is 591 g/mol. The number of rotatable bonds is 7. The zero-order valence-electron chi connectivity index (χ0n) is 24.8. The number of hydrogen-bond acceptors (Lipinski definition) is 7. The van der Waals surface area contributed by atoms with E-state index in [2.05, 4.69) is 22.0 Å². The molecule has 1 aliphatic heterocycles. The first-order valence-electron chi connectivity index (χ1n) is 14.5. The fraction of sp³-hybridized carbons (Fsp3) is 0.438. The quantitative estimate of drug-likeness (QED) is 0.344. The number of pyridine rings is 1. The Balaban J connectivity index is 1.30. The first kappa shape index (κ1) is 29.3. The van der Waals surface area contributed by atoms with Crippen LogP contribution in [0.1, 0.15) is 55.1 Å². The van der Waals surface area contributed by atoms with Gasteiger partial charge in [-0.1, -0.05) is 6.92 Å².